The van der Waals surface area contributed by atoms with Crippen molar-refractivity contribution in [3.8, 4) is 0 Å². The summed E-state index contributed by atoms with van der Waals surface area (Å²) in [5.41, 5.74) is 0.313. The van der Waals surface area contributed by atoms with E-state index in [1.54, 1.807) is 12.1 Å². The normalized spacial score (nSPS) is 17.4. The molecule has 4 nitrogen and oxygen atoms in total. The van der Waals surface area contributed by atoms with Crippen molar-refractivity contribution in [1.82, 2.24) is 5.32 Å². The van der Waals surface area contributed by atoms with Crippen LogP contribution in [-0.4, -0.2) is 26.8 Å². The molecule has 19 heavy (non-hydrogen) atoms. The maximum Gasteiger partial charge on any atom is 0.235 e. The minimum Gasteiger partial charge on any atom is -0.317 e. The third-order valence-electron chi connectivity index (χ3n) is 3.01. The van der Waals surface area contributed by atoms with E-state index in [-0.39, 0.29) is 5.02 Å². The Kier molecular flexibility index (Phi) is 5.00. The number of piperidine rings is 1. The van der Waals surface area contributed by atoms with Gasteiger partial charge in [-0.3, -0.25) is 4.72 Å². The van der Waals surface area contributed by atoms with Crippen molar-refractivity contribution in [2.45, 2.75) is 18.1 Å². The standard InChI is InChI=1S/C11H13BrCl2N2O2S/c12-8-1-2-9(11(14)10(8)13)16-19(17,18)7-3-5-15-6-4-7/h1-2,7,15-16H,3-6H2. The summed E-state index contributed by atoms with van der Waals surface area (Å²) in [6.45, 7) is 1.42. The number of hydrogen-bond donors (Lipinski definition) is 2. The van der Waals surface area contributed by atoms with Gasteiger partial charge in [0, 0.05) is 4.47 Å². The van der Waals surface area contributed by atoms with Crippen LogP contribution in [0.5, 0.6) is 0 Å². The van der Waals surface area contributed by atoms with E-state index >= 15 is 0 Å². The summed E-state index contributed by atoms with van der Waals surface area (Å²) in [6.07, 6.45) is 1.19. The van der Waals surface area contributed by atoms with Crippen LogP contribution >= 0.6 is 39.1 Å². The van der Waals surface area contributed by atoms with Crippen molar-refractivity contribution in [3.05, 3.63) is 26.7 Å². The van der Waals surface area contributed by atoms with Gasteiger partial charge < -0.3 is 5.32 Å². The second kappa shape index (κ2) is 6.18. The van der Waals surface area contributed by atoms with E-state index in [1.807, 2.05) is 0 Å². The zero-order valence-corrected chi connectivity index (χ0v) is 13.8. The van der Waals surface area contributed by atoms with Crippen molar-refractivity contribution in [1.29, 1.82) is 0 Å². The van der Waals surface area contributed by atoms with Crippen LogP contribution in [0.1, 0.15) is 12.8 Å². The van der Waals surface area contributed by atoms with Crippen LogP contribution in [0.25, 0.3) is 0 Å². The molecule has 2 rings (SSSR count). The smallest absolute Gasteiger partial charge is 0.235 e. The predicted molar refractivity (Wildman–Crippen MR) is 82.6 cm³/mol. The molecule has 0 spiro atoms. The fourth-order valence-corrected chi connectivity index (χ4v) is 4.32. The minimum absolute atomic E-state index is 0.202. The van der Waals surface area contributed by atoms with Crippen LogP contribution < -0.4 is 10.0 Å². The minimum atomic E-state index is -3.44. The largest absolute Gasteiger partial charge is 0.317 e. The fourth-order valence-electron chi connectivity index (χ4n) is 1.95. The van der Waals surface area contributed by atoms with E-state index in [9.17, 15) is 8.42 Å². The van der Waals surface area contributed by atoms with Crippen LogP contribution in [0.15, 0.2) is 16.6 Å². The highest BCUT2D eigenvalue weighted by molar-refractivity contribution is 9.10. The van der Waals surface area contributed by atoms with E-state index in [0.717, 1.165) is 0 Å². The summed E-state index contributed by atoms with van der Waals surface area (Å²) in [5, 5.41) is 3.24. The van der Waals surface area contributed by atoms with Crippen molar-refractivity contribution in [2.75, 3.05) is 17.8 Å². The fraction of sp³-hybridized carbons (Fsp3) is 0.455. The lowest BCUT2D eigenvalue weighted by atomic mass is 10.2. The number of sulfonamides is 1. The highest BCUT2D eigenvalue weighted by atomic mass is 79.9. The van der Waals surface area contributed by atoms with Gasteiger partial charge in [-0.25, -0.2) is 8.42 Å². The number of anilines is 1. The Morgan fingerprint density at radius 3 is 2.47 bits per heavy atom. The maximum absolute atomic E-state index is 12.3. The van der Waals surface area contributed by atoms with E-state index in [2.05, 4.69) is 26.0 Å². The van der Waals surface area contributed by atoms with E-state index < -0.39 is 15.3 Å². The predicted octanol–water partition coefficient (Wildman–Crippen LogP) is 3.25. The molecule has 0 amide bonds. The van der Waals surface area contributed by atoms with Gasteiger partial charge in [-0.15, -0.1) is 0 Å². The Bertz CT molecular complexity index is 574. The first kappa shape index (κ1) is 15.4. The first-order valence-corrected chi connectivity index (χ1v) is 8.87. The van der Waals surface area contributed by atoms with Crippen LogP contribution in [-0.2, 0) is 10.0 Å². The quantitative estimate of drug-likeness (QED) is 0.782. The molecule has 1 heterocycles. The third-order valence-corrected chi connectivity index (χ3v) is 6.64. The van der Waals surface area contributed by atoms with Crippen LogP contribution in [0.4, 0.5) is 5.69 Å². The van der Waals surface area contributed by atoms with Gasteiger partial charge in [0.1, 0.15) is 0 Å². The lowest BCUT2D eigenvalue weighted by molar-refractivity contribution is 0.499. The Balaban J connectivity index is 2.23. The van der Waals surface area contributed by atoms with Gasteiger partial charge in [0.15, 0.2) is 0 Å². The van der Waals surface area contributed by atoms with E-state index in [4.69, 9.17) is 23.2 Å². The topological polar surface area (TPSA) is 58.2 Å². The number of rotatable bonds is 3. The molecule has 1 aromatic carbocycles. The number of hydrogen-bond acceptors (Lipinski definition) is 3. The molecule has 106 valence electrons. The lowest BCUT2D eigenvalue weighted by Gasteiger charge is -2.23. The molecule has 1 aliphatic heterocycles. The van der Waals surface area contributed by atoms with Gasteiger partial charge in [-0.1, -0.05) is 23.2 Å². The van der Waals surface area contributed by atoms with Crippen molar-refractivity contribution in [3.63, 3.8) is 0 Å². The van der Waals surface area contributed by atoms with Crippen molar-refractivity contribution < 1.29 is 8.42 Å². The molecule has 0 atom stereocenters. The van der Waals surface area contributed by atoms with Gasteiger partial charge in [0.2, 0.25) is 10.0 Å². The molecule has 0 radical (unpaired) electrons. The second-order valence-electron chi connectivity index (χ2n) is 4.32. The zero-order chi connectivity index (χ0) is 14.0. The molecule has 0 aliphatic carbocycles. The highest BCUT2D eigenvalue weighted by Crippen LogP contribution is 2.36. The number of nitrogens with one attached hydrogen (secondary N) is 2. The van der Waals surface area contributed by atoms with Crippen LogP contribution in [0.2, 0.25) is 10.0 Å². The molecule has 8 heteroatoms. The average Bonchev–Trinajstić information content (AvgIpc) is 2.40. The van der Waals surface area contributed by atoms with E-state index in [0.29, 0.717) is 41.1 Å². The SMILES string of the molecule is O=S(=O)(Nc1ccc(Br)c(Cl)c1Cl)C1CCNCC1. The van der Waals surface area contributed by atoms with Gasteiger partial charge >= 0.3 is 0 Å². The summed E-state index contributed by atoms with van der Waals surface area (Å²) >= 11 is 15.3. The van der Waals surface area contributed by atoms with Crippen LogP contribution in [0.3, 0.4) is 0 Å². The molecule has 1 aromatic rings. The summed E-state index contributed by atoms with van der Waals surface area (Å²) in [5.74, 6) is 0. The third kappa shape index (κ3) is 3.55. The monoisotopic (exact) mass is 386 g/mol. The van der Waals surface area contributed by atoms with Crippen molar-refractivity contribution in [2.24, 2.45) is 0 Å². The van der Waals surface area contributed by atoms with Gasteiger partial charge in [-0.2, -0.15) is 0 Å². The van der Waals surface area contributed by atoms with Gasteiger partial charge in [0.05, 0.1) is 21.0 Å². The molecule has 2 N–H and O–H groups in total. The maximum atomic E-state index is 12.3. The molecule has 1 saturated heterocycles. The molecule has 1 fully saturated rings. The number of benzene rings is 1. The first-order valence-electron chi connectivity index (χ1n) is 5.77. The first-order chi connectivity index (χ1) is 8.92. The van der Waals surface area contributed by atoms with Gasteiger partial charge in [0.25, 0.3) is 0 Å². The molecule has 0 unspecified atom stereocenters. The summed E-state index contributed by atoms with van der Waals surface area (Å²) in [4.78, 5) is 0. The molecule has 0 aromatic heterocycles. The number of halogens is 3. The molecule has 0 bridgehead atoms. The van der Waals surface area contributed by atoms with Gasteiger partial charge in [-0.05, 0) is 54.0 Å². The lowest BCUT2D eigenvalue weighted by Crippen LogP contribution is -2.38. The average molecular weight is 388 g/mol. The Hall–Kier alpha value is -0.0100. The van der Waals surface area contributed by atoms with Crippen molar-refractivity contribution >= 4 is 54.8 Å². The second-order valence-corrected chi connectivity index (χ2v) is 7.89. The molecular formula is C11H13BrCl2N2O2S. The Morgan fingerprint density at radius 1 is 1.21 bits per heavy atom. The zero-order valence-electron chi connectivity index (χ0n) is 9.92. The summed E-state index contributed by atoms with van der Waals surface area (Å²) in [7, 11) is -3.44. The highest BCUT2D eigenvalue weighted by Gasteiger charge is 2.28. The summed E-state index contributed by atoms with van der Waals surface area (Å²) < 4.78 is 27.7. The Morgan fingerprint density at radius 2 is 1.84 bits per heavy atom. The van der Waals surface area contributed by atoms with E-state index in [1.165, 1.54) is 0 Å². The molecule has 1 aliphatic rings. The molecular weight excluding hydrogens is 375 g/mol. The summed E-state index contributed by atoms with van der Waals surface area (Å²) in [6, 6.07) is 3.26. The molecule has 0 saturated carbocycles. The van der Waals surface area contributed by atoms with Crippen LogP contribution in [0, 0.1) is 0 Å². The Labute approximate surface area is 131 Å².